The zero-order chi connectivity index (χ0) is 2.71. The second-order valence-corrected chi connectivity index (χ2v) is 9.32. The molecular weight excluding hydrogens is 412 g/mol. The Morgan fingerprint density at radius 2 is 1.75 bits per heavy atom. The molecule has 0 aliphatic carbocycles. The summed E-state index contributed by atoms with van der Waals surface area (Å²) in [6.07, 6.45) is 0. The predicted octanol–water partition coefficient (Wildman–Crippen LogP) is -1.26. The molecular formula is H5BBiBrCd. The van der Waals surface area contributed by atoms with E-state index in [2.05, 4.69) is 17.2 Å². The van der Waals surface area contributed by atoms with Gasteiger partial charge in [0.15, 0.2) is 0 Å². The van der Waals surface area contributed by atoms with Gasteiger partial charge in [-0.3, -0.25) is 0 Å². The van der Waals surface area contributed by atoms with Crippen LogP contribution in [0.2, 0.25) is 0 Å². The Hall–Kier alpha value is 2.35. The number of rotatable bonds is 0. The maximum absolute atomic E-state index is 3.36. The van der Waals surface area contributed by atoms with Gasteiger partial charge in [0.2, 0.25) is 0 Å². The molecule has 22 valence electrons. The van der Waals surface area contributed by atoms with Crippen LogP contribution in [-0.4, -0.2) is 31.4 Å². The molecule has 4 heteroatoms. The fourth-order valence-corrected chi connectivity index (χ4v) is 0. The minimum atomic E-state index is -0.197. The summed E-state index contributed by atoms with van der Waals surface area (Å²) >= 11 is 3.16. The first-order valence-corrected chi connectivity index (χ1v) is 14.1. The van der Waals surface area contributed by atoms with Gasteiger partial charge in [0.25, 0.3) is 0 Å². The van der Waals surface area contributed by atoms with Crippen molar-refractivity contribution in [3.8, 4) is 0 Å². The molecule has 0 heterocycles. The van der Waals surface area contributed by atoms with Crippen molar-refractivity contribution in [3.63, 3.8) is 0 Å². The molecule has 0 aromatic rings. The number of hydrogen-bond acceptors (Lipinski definition) is 0. The Kier molecular flexibility index (Phi) is 21.7. The van der Waals surface area contributed by atoms with E-state index in [0.29, 0.717) is 0 Å². The van der Waals surface area contributed by atoms with Gasteiger partial charge < -0.3 is 0 Å². The van der Waals surface area contributed by atoms with Crippen LogP contribution in [0.3, 0.4) is 0 Å². The fourth-order valence-electron chi connectivity index (χ4n) is 0. The molecule has 0 amide bonds. The Labute approximate surface area is 63.8 Å². The monoisotopic (exact) mass is 418 g/mol. The van der Waals surface area contributed by atoms with E-state index in [9.17, 15) is 0 Å². The third-order valence-electron chi connectivity index (χ3n) is 0. The summed E-state index contributed by atoms with van der Waals surface area (Å²) in [4.78, 5) is 0. The SMILES string of the molecule is [BH2][Cd][Br].[BiH3]. The standard InChI is InChI=1S/BH2.Bi.BrH.Cd.3H/h1H2;;1H;;;;/q+1;;;;;;/p-1. The summed E-state index contributed by atoms with van der Waals surface area (Å²) in [7, 11) is 0. The van der Waals surface area contributed by atoms with Crippen molar-refractivity contribution < 1.29 is 21.6 Å². The molecule has 0 unspecified atom stereocenters. The first kappa shape index (κ1) is 9.61. The third kappa shape index (κ3) is 8.84. The van der Waals surface area contributed by atoms with Gasteiger partial charge in [-0.15, -0.1) is 0 Å². The van der Waals surface area contributed by atoms with Crippen LogP contribution in [-0.2, 0) is 21.6 Å². The summed E-state index contributed by atoms with van der Waals surface area (Å²) in [5.74, 6) is 0. The van der Waals surface area contributed by atoms with Crippen LogP contribution in [0.25, 0.3) is 0 Å². The molecule has 0 bridgehead atoms. The van der Waals surface area contributed by atoms with Crippen LogP contribution in [0.4, 0.5) is 0 Å². The third-order valence-corrected chi connectivity index (χ3v) is 0. The van der Waals surface area contributed by atoms with Crippen LogP contribution in [0, 0.1) is 0 Å². The Morgan fingerprint density at radius 1 is 1.75 bits per heavy atom. The van der Waals surface area contributed by atoms with Crippen molar-refractivity contribution in [3.05, 3.63) is 0 Å². The summed E-state index contributed by atoms with van der Waals surface area (Å²) in [6, 6.07) is 0. The van der Waals surface area contributed by atoms with E-state index in [0.717, 1.165) is 0 Å². The molecule has 0 nitrogen and oxygen atoms in total. The van der Waals surface area contributed by atoms with Gasteiger partial charge in [0.1, 0.15) is 0 Å². The molecule has 0 aliphatic rings. The molecule has 0 atom stereocenters. The van der Waals surface area contributed by atoms with Gasteiger partial charge in [0.05, 0.1) is 0 Å². The normalized spacial score (nSPS) is 2.25. The average Bonchev–Trinajstić information content (AvgIpc) is 0.918. The van der Waals surface area contributed by atoms with Crippen molar-refractivity contribution >= 4 is 43.4 Å². The second-order valence-electron chi connectivity index (χ2n) is 0.267. The Balaban J connectivity index is 0. The molecule has 0 spiro atoms. The minimum absolute atomic E-state index is 0. The number of halogens is 1. The zero-order valence-corrected chi connectivity index (χ0v) is 13.9. The van der Waals surface area contributed by atoms with Crippen molar-refractivity contribution in [2.24, 2.45) is 0 Å². The van der Waals surface area contributed by atoms with Gasteiger partial charge in [-0.05, 0) is 0 Å². The second kappa shape index (κ2) is 9.02. The topological polar surface area (TPSA) is 0 Å². The molecule has 0 fully saturated rings. The average molecular weight is 417 g/mol. The van der Waals surface area contributed by atoms with E-state index in [1.807, 2.05) is 0 Å². The predicted molar refractivity (Wildman–Crippen MR) is 27.4 cm³/mol. The van der Waals surface area contributed by atoms with Crippen LogP contribution < -0.4 is 0 Å². The fraction of sp³-hybridized carbons (Fsp3) is 0. The molecule has 0 saturated carbocycles. The molecule has 0 saturated heterocycles. The van der Waals surface area contributed by atoms with Crippen LogP contribution in [0.1, 0.15) is 0 Å². The molecule has 0 aliphatic heterocycles. The summed E-state index contributed by atoms with van der Waals surface area (Å²) < 4.78 is 0. The van der Waals surface area contributed by atoms with Crippen LogP contribution >= 0.6 is 12.0 Å². The van der Waals surface area contributed by atoms with Crippen LogP contribution in [0.5, 0.6) is 0 Å². The summed E-state index contributed by atoms with van der Waals surface area (Å²) in [6.45, 7) is 0. The van der Waals surface area contributed by atoms with Gasteiger partial charge >= 0.3 is 65.0 Å². The van der Waals surface area contributed by atoms with Crippen molar-refractivity contribution in [2.75, 3.05) is 0 Å². The van der Waals surface area contributed by atoms with Crippen molar-refractivity contribution in [1.82, 2.24) is 0 Å². The molecule has 0 aromatic heterocycles. The van der Waals surface area contributed by atoms with E-state index in [4.69, 9.17) is 0 Å². The van der Waals surface area contributed by atoms with Crippen LogP contribution in [0.15, 0.2) is 0 Å². The molecule has 4 heavy (non-hydrogen) atoms. The van der Waals surface area contributed by atoms with E-state index >= 15 is 0 Å². The summed E-state index contributed by atoms with van der Waals surface area (Å²) in [5.41, 5.74) is 0. The van der Waals surface area contributed by atoms with Gasteiger partial charge in [0, 0.05) is 0 Å². The zero-order valence-electron chi connectivity index (χ0n) is 2.79. The van der Waals surface area contributed by atoms with Gasteiger partial charge in [-0.2, -0.15) is 0 Å². The Bertz CT molecular complexity index is 8.00. The van der Waals surface area contributed by atoms with Crippen molar-refractivity contribution in [2.45, 2.75) is 0 Å². The maximum atomic E-state index is 3.36. The van der Waals surface area contributed by atoms with Gasteiger partial charge in [-0.1, -0.05) is 0 Å². The molecule has 0 rings (SSSR count). The van der Waals surface area contributed by atoms with E-state index in [-0.39, 0.29) is 47.8 Å². The molecule has 0 N–H and O–H groups in total. The summed E-state index contributed by atoms with van der Waals surface area (Å²) in [5, 5.41) is 2.25. The first-order chi connectivity index (χ1) is 1.41. The van der Waals surface area contributed by atoms with Crippen molar-refractivity contribution in [1.29, 1.82) is 0 Å². The first-order valence-electron chi connectivity index (χ1n) is 0.974. The molecule has 0 aromatic carbocycles. The van der Waals surface area contributed by atoms with E-state index < -0.39 is 0 Å². The van der Waals surface area contributed by atoms with Gasteiger partial charge in [-0.25, -0.2) is 0 Å². The Morgan fingerprint density at radius 3 is 1.75 bits per heavy atom. The number of hydrogen-bond donors (Lipinski definition) is 0. The van der Waals surface area contributed by atoms with E-state index in [1.165, 1.54) is 0 Å². The molecule has 0 radical (unpaired) electrons. The van der Waals surface area contributed by atoms with E-state index in [1.54, 1.807) is 0 Å². The quantitative estimate of drug-likeness (QED) is 0.432.